The molecule has 0 fully saturated rings. The predicted octanol–water partition coefficient (Wildman–Crippen LogP) is 1.91. The molecule has 1 aliphatic heterocycles. The van der Waals surface area contributed by atoms with Crippen LogP contribution in [-0.2, 0) is 24.8 Å². The summed E-state index contributed by atoms with van der Waals surface area (Å²) in [6, 6.07) is 8.40. The Kier molecular flexibility index (Phi) is 9.33. The van der Waals surface area contributed by atoms with Crippen LogP contribution < -0.4 is 4.74 Å². The Bertz CT molecular complexity index is 1390. The predicted molar refractivity (Wildman–Crippen MR) is 135 cm³/mol. The van der Waals surface area contributed by atoms with Gasteiger partial charge in [0.25, 0.3) is 0 Å². The van der Waals surface area contributed by atoms with Crippen LogP contribution in [-0.4, -0.2) is 83.2 Å². The van der Waals surface area contributed by atoms with Crippen LogP contribution in [0.2, 0.25) is 0 Å². The van der Waals surface area contributed by atoms with Crippen molar-refractivity contribution in [2.75, 3.05) is 40.5 Å². The zero-order valence-electron chi connectivity index (χ0n) is 21.1. The van der Waals surface area contributed by atoms with Crippen molar-refractivity contribution in [3.05, 3.63) is 53.8 Å². The Labute approximate surface area is 217 Å². The van der Waals surface area contributed by atoms with E-state index in [0.29, 0.717) is 5.56 Å². The molecule has 1 N–H and O–H groups in total. The van der Waals surface area contributed by atoms with Crippen molar-refractivity contribution in [1.29, 1.82) is 0 Å². The number of fused-ring (bicyclic) bond motifs is 1. The van der Waals surface area contributed by atoms with Gasteiger partial charge < -0.3 is 14.6 Å². The molecule has 3 rings (SSSR count). The maximum absolute atomic E-state index is 13.7. The number of hydrogen-bond donors (Lipinski definition) is 1. The molecule has 0 saturated carbocycles. The first kappa shape index (κ1) is 29.0. The second-order valence-electron chi connectivity index (χ2n) is 8.88. The van der Waals surface area contributed by atoms with Gasteiger partial charge >= 0.3 is 0 Å². The fraction of sp³-hybridized carbons (Fsp3) is 0.440. The molecule has 2 aromatic rings. The van der Waals surface area contributed by atoms with E-state index in [1.165, 1.54) is 42.7 Å². The second kappa shape index (κ2) is 11.9. The van der Waals surface area contributed by atoms with Crippen LogP contribution in [0, 0.1) is 23.6 Å². The molecule has 0 saturated heterocycles. The topological polar surface area (TPSA) is 113 Å². The fourth-order valence-electron chi connectivity index (χ4n) is 3.89. The molecule has 0 bridgehead atoms. The molecule has 37 heavy (non-hydrogen) atoms. The van der Waals surface area contributed by atoms with Crippen LogP contribution in [0.25, 0.3) is 0 Å². The number of nitrogens with zero attached hydrogens (tertiary/aromatic N) is 2. The van der Waals surface area contributed by atoms with Crippen molar-refractivity contribution >= 4 is 20.0 Å². The molecule has 0 spiro atoms. The monoisotopic (exact) mass is 554 g/mol. The summed E-state index contributed by atoms with van der Waals surface area (Å²) in [7, 11) is -5.26. The molecule has 2 aromatic carbocycles. The second-order valence-corrected chi connectivity index (χ2v) is 12.8. The molecule has 0 aliphatic carbocycles. The molecule has 0 aromatic heterocycles. The van der Waals surface area contributed by atoms with Crippen molar-refractivity contribution in [2.24, 2.45) is 5.92 Å². The summed E-state index contributed by atoms with van der Waals surface area (Å²) in [6.07, 6.45) is -0.779. The highest BCUT2D eigenvalue weighted by Crippen LogP contribution is 2.34. The standard InChI is InChI=1S/C25H31FN2O7S2/c1-18-15-28(19(2)17-29)37(32,33)25-11-10-20(7-6-12-34-4)13-23(25)35-24(18)16-27(3)36(30,31)22-9-5-8-21(26)14-22/h5,8-11,13-14,18-19,24,29H,12,15-17H2,1-4H3/t18-,19+,24-/m1/s1. The average molecular weight is 555 g/mol. The van der Waals surface area contributed by atoms with E-state index in [-0.39, 0.29) is 35.2 Å². The number of likely N-dealkylation sites (N-methyl/N-ethyl adjacent to an activating group) is 1. The van der Waals surface area contributed by atoms with E-state index in [1.807, 2.05) is 0 Å². The summed E-state index contributed by atoms with van der Waals surface area (Å²) >= 11 is 0. The third-order valence-corrected chi connectivity index (χ3v) is 9.90. The molecule has 9 nitrogen and oxygen atoms in total. The lowest BCUT2D eigenvalue weighted by Gasteiger charge is -2.37. The van der Waals surface area contributed by atoms with Crippen LogP contribution in [0.15, 0.2) is 52.3 Å². The fourth-order valence-corrected chi connectivity index (χ4v) is 6.93. The van der Waals surface area contributed by atoms with Crippen molar-refractivity contribution in [3.8, 4) is 17.6 Å². The summed E-state index contributed by atoms with van der Waals surface area (Å²) in [5.41, 5.74) is 0.487. The SMILES string of the molecule is COCC#Cc1ccc2c(c1)O[C@H](CN(C)S(=O)(=O)c1cccc(F)c1)[C@H](C)CN([C@@H](C)CO)S2(=O)=O. The minimum absolute atomic E-state index is 0.0165. The van der Waals surface area contributed by atoms with Gasteiger partial charge in [0, 0.05) is 38.2 Å². The van der Waals surface area contributed by atoms with E-state index in [4.69, 9.17) is 9.47 Å². The molecule has 12 heteroatoms. The number of sulfonamides is 2. The van der Waals surface area contributed by atoms with Crippen LogP contribution >= 0.6 is 0 Å². The highest BCUT2D eigenvalue weighted by molar-refractivity contribution is 7.89. The Hall–Kier alpha value is -2.53. The number of aliphatic hydroxyl groups is 1. The van der Waals surface area contributed by atoms with Gasteiger partial charge in [-0.05, 0) is 43.3 Å². The summed E-state index contributed by atoms with van der Waals surface area (Å²) in [4.78, 5) is -0.319. The molecule has 1 heterocycles. The van der Waals surface area contributed by atoms with Gasteiger partial charge in [0.15, 0.2) is 0 Å². The summed E-state index contributed by atoms with van der Waals surface area (Å²) in [5, 5.41) is 9.76. The van der Waals surface area contributed by atoms with Crippen LogP contribution in [0.3, 0.4) is 0 Å². The normalized spacial score (nSPS) is 20.6. The highest BCUT2D eigenvalue weighted by atomic mass is 32.2. The van der Waals surface area contributed by atoms with Crippen molar-refractivity contribution in [2.45, 2.75) is 35.8 Å². The molecular formula is C25H31FN2O7S2. The molecular weight excluding hydrogens is 523 g/mol. The summed E-state index contributed by atoms with van der Waals surface area (Å²) in [6.45, 7) is 2.96. The van der Waals surface area contributed by atoms with E-state index < -0.39 is 50.5 Å². The lowest BCUT2D eigenvalue weighted by atomic mass is 10.0. The van der Waals surface area contributed by atoms with Gasteiger partial charge in [-0.15, -0.1) is 0 Å². The Morgan fingerprint density at radius 1 is 1.30 bits per heavy atom. The van der Waals surface area contributed by atoms with Gasteiger partial charge in [-0.1, -0.05) is 24.8 Å². The number of hydrogen-bond acceptors (Lipinski definition) is 7. The minimum Gasteiger partial charge on any atom is -0.487 e. The smallest absolute Gasteiger partial charge is 0.247 e. The lowest BCUT2D eigenvalue weighted by Crippen LogP contribution is -2.50. The summed E-state index contributed by atoms with van der Waals surface area (Å²) in [5.74, 6) is 4.53. The Morgan fingerprint density at radius 2 is 2.03 bits per heavy atom. The van der Waals surface area contributed by atoms with Crippen LogP contribution in [0.5, 0.6) is 5.75 Å². The summed E-state index contributed by atoms with van der Waals surface area (Å²) < 4.78 is 80.4. The van der Waals surface area contributed by atoms with E-state index in [9.17, 15) is 26.3 Å². The molecule has 0 amide bonds. The first-order valence-electron chi connectivity index (χ1n) is 11.5. The van der Waals surface area contributed by atoms with Gasteiger partial charge in [-0.3, -0.25) is 0 Å². The van der Waals surface area contributed by atoms with E-state index >= 15 is 0 Å². The van der Waals surface area contributed by atoms with E-state index in [2.05, 4.69) is 11.8 Å². The number of benzene rings is 2. The maximum atomic E-state index is 13.7. The van der Waals surface area contributed by atoms with Gasteiger partial charge in [-0.25, -0.2) is 21.2 Å². The highest BCUT2D eigenvalue weighted by Gasteiger charge is 2.39. The van der Waals surface area contributed by atoms with E-state index in [0.717, 1.165) is 16.4 Å². The number of aliphatic hydroxyl groups excluding tert-OH is 1. The van der Waals surface area contributed by atoms with Crippen LogP contribution in [0.4, 0.5) is 4.39 Å². The van der Waals surface area contributed by atoms with Crippen molar-refractivity contribution in [1.82, 2.24) is 8.61 Å². The van der Waals surface area contributed by atoms with E-state index in [1.54, 1.807) is 19.9 Å². The molecule has 0 unspecified atom stereocenters. The quantitative estimate of drug-likeness (QED) is 0.520. The minimum atomic E-state index is -4.06. The largest absolute Gasteiger partial charge is 0.487 e. The maximum Gasteiger partial charge on any atom is 0.247 e. The molecule has 1 aliphatic rings. The van der Waals surface area contributed by atoms with Crippen molar-refractivity contribution in [3.63, 3.8) is 0 Å². The molecule has 202 valence electrons. The number of halogens is 1. The van der Waals surface area contributed by atoms with Gasteiger partial charge in [0.1, 0.15) is 29.2 Å². The molecule has 0 radical (unpaired) electrons. The van der Waals surface area contributed by atoms with Crippen LogP contribution in [0.1, 0.15) is 19.4 Å². The first-order valence-corrected chi connectivity index (χ1v) is 14.4. The zero-order valence-corrected chi connectivity index (χ0v) is 22.7. The molecule has 3 atom stereocenters. The Balaban J connectivity index is 2.05. The average Bonchev–Trinajstić information content (AvgIpc) is 2.85. The van der Waals surface area contributed by atoms with Gasteiger partial charge in [0.2, 0.25) is 20.0 Å². The zero-order chi connectivity index (χ0) is 27.4. The van der Waals surface area contributed by atoms with Gasteiger partial charge in [0.05, 0.1) is 18.0 Å². The lowest BCUT2D eigenvalue weighted by molar-refractivity contribution is 0.0904. The number of methoxy groups -OCH3 is 1. The third kappa shape index (κ3) is 6.49. The van der Waals surface area contributed by atoms with Crippen molar-refractivity contribution < 1.29 is 35.8 Å². The first-order chi connectivity index (χ1) is 17.4. The Morgan fingerprint density at radius 3 is 2.68 bits per heavy atom. The van der Waals surface area contributed by atoms with Gasteiger partial charge in [-0.2, -0.15) is 8.61 Å². The number of ether oxygens (including phenoxy) is 2. The third-order valence-electron chi connectivity index (χ3n) is 6.06. The number of rotatable bonds is 7.